The third-order valence-electron chi connectivity index (χ3n) is 2.65. The van der Waals surface area contributed by atoms with Gasteiger partial charge in [-0.3, -0.25) is 0 Å². The van der Waals surface area contributed by atoms with Gasteiger partial charge in [-0.25, -0.2) is 4.98 Å². The second kappa shape index (κ2) is 3.76. The lowest BCUT2D eigenvalue weighted by Crippen LogP contribution is -1.85. The maximum Gasteiger partial charge on any atom is 0.292 e. The molecule has 0 fully saturated rings. The van der Waals surface area contributed by atoms with Crippen molar-refractivity contribution < 1.29 is 4.74 Å². The summed E-state index contributed by atoms with van der Waals surface area (Å²) in [6.45, 7) is 0. The number of aromatic nitrogens is 1. The van der Waals surface area contributed by atoms with E-state index in [9.17, 15) is 0 Å². The fourth-order valence-corrected chi connectivity index (χ4v) is 1.87. The second-order valence-electron chi connectivity index (χ2n) is 3.73. The summed E-state index contributed by atoms with van der Waals surface area (Å²) in [5.41, 5.74) is 1.77. The fourth-order valence-electron chi connectivity index (χ4n) is 1.87. The summed E-state index contributed by atoms with van der Waals surface area (Å²) in [6, 6.07) is 15.5. The smallest absolute Gasteiger partial charge is 0.292 e. The Kier molecular flexibility index (Phi) is 2.13. The number of nitrogens with zero attached hydrogens (tertiary/aromatic N) is 2. The maximum atomic E-state index is 8.47. The minimum atomic E-state index is 0.516. The highest BCUT2D eigenvalue weighted by molar-refractivity contribution is 5.93. The van der Waals surface area contributed by atoms with Crippen molar-refractivity contribution in [2.75, 3.05) is 0 Å². The lowest BCUT2D eigenvalue weighted by atomic mass is 10.1. The standard InChI is InChI=1S/C14H8N2O/c15-9-17-12-6-5-11-7-10-3-1-2-4-13(10)16-14(11)8-12/h1-8H. The maximum absolute atomic E-state index is 8.47. The summed E-state index contributed by atoms with van der Waals surface area (Å²) in [7, 11) is 0. The van der Waals surface area contributed by atoms with Gasteiger partial charge in [0.1, 0.15) is 5.75 Å². The van der Waals surface area contributed by atoms with Crippen molar-refractivity contribution in [1.29, 1.82) is 5.26 Å². The largest absolute Gasteiger partial charge is 0.388 e. The first-order valence-electron chi connectivity index (χ1n) is 5.22. The number of hydrogen-bond acceptors (Lipinski definition) is 3. The summed E-state index contributed by atoms with van der Waals surface area (Å²) >= 11 is 0. The Morgan fingerprint density at radius 3 is 2.65 bits per heavy atom. The number of rotatable bonds is 1. The first-order chi connectivity index (χ1) is 8.36. The van der Waals surface area contributed by atoms with Crippen LogP contribution in [-0.4, -0.2) is 4.98 Å². The van der Waals surface area contributed by atoms with Gasteiger partial charge in [0.2, 0.25) is 0 Å². The SMILES string of the molecule is N#COc1ccc2cc3ccccc3nc2c1. The van der Waals surface area contributed by atoms with Crippen LogP contribution in [0.4, 0.5) is 0 Å². The molecule has 1 aromatic heterocycles. The molecular formula is C14H8N2O. The van der Waals surface area contributed by atoms with Gasteiger partial charge in [-0.1, -0.05) is 18.2 Å². The molecule has 0 amide bonds. The average Bonchev–Trinajstić information content (AvgIpc) is 2.36. The van der Waals surface area contributed by atoms with E-state index in [0.717, 1.165) is 21.8 Å². The van der Waals surface area contributed by atoms with Crippen molar-refractivity contribution in [2.45, 2.75) is 0 Å². The molecule has 0 saturated carbocycles. The van der Waals surface area contributed by atoms with Gasteiger partial charge >= 0.3 is 0 Å². The molecule has 3 rings (SSSR count). The predicted molar refractivity (Wildman–Crippen MR) is 65.5 cm³/mol. The molecule has 0 atom stereocenters. The molecule has 17 heavy (non-hydrogen) atoms. The Hall–Kier alpha value is -2.60. The monoisotopic (exact) mass is 220 g/mol. The van der Waals surface area contributed by atoms with Gasteiger partial charge in [0.25, 0.3) is 6.26 Å². The number of para-hydroxylation sites is 1. The zero-order valence-corrected chi connectivity index (χ0v) is 8.92. The fraction of sp³-hybridized carbons (Fsp3) is 0. The second-order valence-corrected chi connectivity index (χ2v) is 3.73. The van der Waals surface area contributed by atoms with Crippen molar-refractivity contribution in [3.63, 3.8) is 0 Å². The molecule has 0 aliphatic heterocycles. The van der Waals surface area contributed by atoms with Crippen LogP contribution in [0.3, 0.4) is 0 Å². The van der Waals surface area contributed by atoms with Gasteiger partial charge in [-0.15, -0.1) is 5.26 Å². The number of benzene rings is 2. The molecule has 2 aromatic carbocycles. The van der Waals surface area contributed by atoms with Crippen LogP contribution < -0.4 is 4.74 Å². The van der Waals surface area contributed by atoms with Gasteiger partial charge in [0.15, 0.2) is 0 Å². The van der Waals surface area contributed by atoms with Crippen molar-refractivity contribution in [3.05, 3.63) is 48.5 Å². The van der Waals surface area contributed by atoms with Crippen molar-refractivity contribution in [2.24, 2.45) is 0 Å². The number of nitriles is 1. The molecule has 0 unspecified atom stereocenters. The molecule has 0 N–H and O–H groups in total. The first kappa shape index (κ1) is 9.61. The van der Waals surface area contributed by atoms with Crippen LogP contribution in [0, 0.1) is 11.5 Å². The zero-order valence-electron chi connectivity index (χ0n) is 8.92. The topological polar surface area (TPSA) is 45.9 Å². The molecule has 0 bridgehead atoms. The van der Waals surface area contributed by atoms with Gasteiger partial charge in [-0.2, -0.15) is 0 Å². The minimum absolute atomic E-state index is 0.516. The van der Waals surface area contributed by atoms with Gasteiger partial charge in [0.05, 0.1) is 11.0 Å². The summed E-state index contributed by atoms with van der Waals surface area (Å²) in [5, 5.41) is 10.6. The third-order valence-corrected chi connectivity index (χ3v) is 2.65. The number of pyridine rings is 1. The lowest BCUT2D eigenvalue weighted by Gasteiger charge is -2.02. The quantitative estimate of drug-likeness (QED) is 0.467. The van der Waals surface area contributed by atoms with E-state index >= 15 is 0 Å². The van der Waals surface area contributed by atoms with E-state index in [-0.39, 0.29) is 0 Å². The molecule has 3 nitrogen and oxygen atoms in total. The molecule has 0 aliphatic rings. The summed E-state index contributed by atoms with van der Waals surface area (Å²) in [6.07, 6.45) is 1.66. The van der Waals surface area contributed by atoms with Crippen LogP contribution >= 0.6 is 0 Å². The Balaban J connectivity index is 2.29. The van der Waals surface area contributed by atoms with Gasteiger partial charge < -0.3 is 4.74 Å². The van der Waals surface area contributed by atoms with E-state index in [1.807, 2.05) is 30.3 Å². The van der Waals surface area contributed by atoms with Crippen LogP contribution in [-0.2, 0) is 0 Å². The van der Waals surface area contributed by atoms with E-state index in [0.29, 0.717) is 5.75 Å². The lowest BCUT2D eigenvalue weighted by molar-refractivity contribution is 0.508. The molecule has 0 radical (unpaired) electrons. The molecular weight excluding hydrogens is 212 g/mol. The average molecular weight is 220 g/mol. The van der Waals surface area contributed by atoms with E-state index in [1.54, 1.807) is 18.4 Å². The zero-order chi connectivity index (χ0) is 11.7. The molecule has 0 saturated heterocycles. The third kappa shape index (κ3) is 1.66. The van der Waals surface area contributed by atoms with Gasteiger partial charge in [-0.05, 0) is 24.3 Å². The highest BCUT2D eigenvalue weighted by atomic mass is 16.5. The molecule has 0 aliphatic carbocycles. The normalized spacial score (nSPS) is 10.3. The highest BCUT2D eigenvalue weighted by Gasteiger charge is 2.01. The van der Waals surface area contributed by atoms with Crippen LogP contribution in [0.25, 0.3) is 21.8 Å². The molecule has 80 valence electrons. The van der Waals surface area contributed by atoms with Crippen molar-refractivity contribution in [1.82, 2.24) is 4.98 Å². The highest BCUT2D eigenvalue weighted by Crippen LogP contribution is 2.23. The van der Waals surface area contributed by atoms with Crippen molar-refractivity contribution in [3.8, 4) is 12.0 Å². The molecule has 3 heteroatoms. The number of ether oxygens (including phenoxy) is 1. The minimum Gasteiger partial charge on any atom is -0.388 e. The van der Waals surface area contributed by atoms with Crippen LogP contribution in [0.1, 0.15) is 0 Å². The number of fused-ring (bicyclic) bond motifs is 2. The van der Waals surface area contributed by atoms with Crippen LogP contribution in [0.5, 0.6) is 5.75 Å². The number of hydrogen-bond donors (Lipinski definition) is 0. The summed E-state index contributed by atoms with van der Waals surface area (Å²) < 4.78 is 4.79. The van der Waals surface area contributed by atoms with E-state index in [1.165, 1.54) is 0 Å². The molecule has 1 heterocycles. The Bertz CT molecular complexity index is 744. The van der Waals surface area contributed by atoms with Crippen molar-refractivity contribution >= 4 is 21.8 Å². The Morgan fingerprint density at radius 2 is 1.76 bits per heavy atom. The predicted octanol–water partition coefficient (Wildman–Crippen LogP) is 3.25. The van der Waals surface area contributed by atoms with Gasteiger partial charge in [0, 0.05) is 16.8 Å². The summed E-state index contributed by atoms with van der Waals surface area (Å²) in [4.78, 5) is 4.53. The Labute approximate surface area is 97.9 Å². The molecule has 3 aromatic rings. The van der Waals surface area contributed by atoms with E-state index in [4.69, 9.17) is 10.00 Å². The Morgan fingerprint density at radius 1 is 0.941 bits per heavy atom. The van der Waals surface area contributed by atoms with E-state index < -0.39 is 0 Å². The summed E-state index contributed by atoms with van der Waals surface area (Å²) in [5.74, 6) is 0.516. The molecule has 0 spiro atoms. The van der Waals surface area contributed by atoms with Crippen LogP contribution in [0.15, 0.2) is 48.5 Å². The first-order valence-corrected chi connectivity index (χ1v) is 5.22. The van der Waals surface area contributed by atoms with E-state index in [2.05, 4.69) is 11.1 Å². The van der Waals surface area contributed by atoms with Crippen LogP contribution in [0.2, 0.25) is 0 Å².